The highest BCUT2D eigenvalue weighted by atomic mass is 79.9. The van der Waals surface area contributed by atoms with Crippen molar-refractivity contribution in [2.75, 3.05) is 0 Å². The van der Waals surface area contributed by atoms with Gasteiger partial charge in [-0.05, 0) is 22.0 Å². The molecule has 0 amide bonds. The van der Waals surface area contributed by atoms with E-state index in [1.807, 2.05) is 18.2 Å². The van der Waals surface area contributed by atoms with Crippen LogP contribution in [0, 0.1) is 0 Å². The summed E-state index contributed by atoms with van der Waals surface area (Å²) in [5.41, 5.74) is 0.683. The topological polar surface area (TPSA) is 17.1 Å². The normalized spacial score (nSPS) is 10.3. The van der Waals surface area contributed by atoms with Crippen molar-refractivity contribution in [3.05, 3.63) is 55.6 Å². The molecular formula is C11H6BrClOS. The molecule has 0 bridgehead atoms. The van der Waals surface area contributed by atoms with Crippen molar-refractivity contribution in [2.24, 2.45) is 0 Å². The number of rotatable bonds is 2. The van der Waals surface area contributed by atoms with E-state index in [0.29, 0.717) is 14.8 Å². The van der Waals surface area contributed by atoms with Crippen LogP contribution in [0.1, 0.15) is 15.2 Å². The van der Waals surface area contributed by atoms with Gasteiger partial charge in [0.15, 0.2) is 0 Å². The van der Waals surface area contributed by atoms with Crippen LogP contribution in [-0.2, 0) is 0 Å². The monoisotopic (exact) mass is 300 g/mol. The van der Waals surface area contributed by atoms with E-state index >= 15 is 0 Å². The maximum atomic E-state index is 11.9. The molecule has 2 aromatic rings. The van der Waals surface area contributed by atoms with Crippen molar-refractivity contribution in [1.82, 2.24) is 0 Å². The van der Waals surface area contributed by atoms with E-state index in [1.54, 1.807) is 18.2 Å². The number of ketones is 1. The summed E-state index contributed by atoms with van der Waals surface area (Å²) in [6.45, 7) is 0. The number of hydrogen-bond acceptors (Lipinski definition) is 2. The Morgan fingerprint density at radius 1 is 1.27 bits per heavy atom. The van der Waals surface area contributed by atoms with Gasteiger partial charge in [0.05, 0.1) is 4.88 Å². The van der Waals surface area contributed by atoms with Gasteiger partial charge >= 0.3 is 0 Å². The lowest BCUT2D eigenvalue weighted by Gasteiger charge is -1.95. The molecule has 1 aromatic carbocycles. The summed E-state index contributed by atoms with van der Waals surface area (Å²) in [5.74, 6) is 0.00759. The smallest absolute Gasteiger partial charge is 0.203 e. The zero-order valence-corrected chi connectivity index (χ0v) is 10.7. The van der Waals surface area contributed by atoms with Crippen LogP contribution in [0.15, 0.2) is 40.9 Å². The van der Waals surface area contributed by atoms with Crippen LogP contribution in [-0.4, -0.2) is 5.78 Å². The first kappa shape index (κ1) is 10.9. The van der Waals surface area contributed by atoms with E-state index in [1.165, 1.54) is 11.3 Å². The van der Waals surface area contributed by atoms with Crippen molar-refractivity contribution < 1.29 is 4.79 Å². The summed E-state index contributed by atoms with van der Waals surface area (Å²) >= 11 is 10.4. The van der Waals surface area contributed by atoms with Gasteiger partial charge in [-0.3, -0.25) is 4.79 Å². The van der Waals surface area contributed by atoms with Gasteiger partial charge in [-0.25, -0.2) is 0 Å². The summed E-state index contributed by atoms with van der Waals surface area (Å²) in [6, 6.07) is 10.9. The molecule has 0 spiro atoms. The van der Waals surface area contributed by atoms with Crippen LogP contribution < -0.4 is 0 Å². The molecule has 0 saturated carbocycles. The third kappa shape index (κ3) is 2.30. The average Bonchev–Trinajstić information content (AvgIpc) is 2.59. The lowest BCUT2D eigenvalue weighted by atomic mass is 10.1. The molecule has 0 radical (unpaired) electrons. The SMILES string of the molecule is O=C(c1ccccc1)c1cc(Br)c(Cl)s1. The minimum Gasteiger partial charge on any atom is -0.288 e. The average molecular weight is 302 g/mol. The van der Waals surface area contributed by atoms with Gasteiger partial charge in [0.25, 0.3) is 0 Å². The molecule has 15 heavy (non-hydrogen) atoms. The maximum absolute atomic E-state index is 11.9. The summed E-state index contributed by atoms with van der Waals surface area (Å²) in [4.78, 5) is 12.6. The van der Waals surface area contributed by atoms with E-state index < -0.39 is 0 Å². The minimum atomic E-state index is 0.00759. The van der Waals surface area contributed by atoms with Gasteiger partial charge < -0.3 is 0 Å². The first-order valence-electron chi connectivity index (χ1n) is 4.23. The molecule has 4 heteroatoms. The number of thiophene rings is 1. The maximum Gasteiger partial charge on any atom is 0.203 e. The fraction of sp³-hybridized carbons (Fsp3) is 0. The van der Waals surface area contributed by atoms with E-state index in [0.717, 1.165) is 4.47 Å². The van der Waals surface area contributed by atoms with Crippen LogP contribution in [0.25, 0.3) is 0 Å². The largest absolute Gasteiger partial charge is 0.288 e. The molecule has 1 nitrogen and oxygen atoms in total. The summed E-state index contributed by atoms with van der Waals surface area (Å²) in [7, 11) is 0. The summed E-state index contributed by atoms with van der Waals surface area (Å²) in [5, 5.41) is 0. The molecule has 0 fully saturated rings. The van der Waals surface area contributed by atoms with Gasteiger partial charge in [-0.2, -0.15) is 0 Å². The molecule has 0 N–H and O–H groups in total. The van der Waals surface area contributed by atoms with Crippen molar-refractivity contribution in [2.45, 2.75) is 0 Å². The molecule has 2 rings (SSSR count). The second kappa shape index (κ2) is 4.47. The van der Waals surface area contributed by atoms with Crippen LogP contribution >= 0.6 is 38.9 Å². The first-order valence-corrected chi connectivity index (χ1v) is 6.22. The molecule has 0 aliphatic carbocycles. The van der Waals surface area contributed by atoms with Gasteiger partial charge in [-0.1, -0.05) is 41.9 Å². The molecule has 0 saturated heterocycles. The lowest BCUT2D eigenvalue weighted by Crippen LogP contribution is -1.97. The molecule has 0 atom stereocenters. The van der Waals surface area contributed by atoms with Crippen molar-refractivity contribution in [1.29, 1.82) is 0 Å². The molecule has 0 unspecified atom stereocenters. The zero-order valence-electron chi connectivity index (χ0n) is 7.54. The Morgan fingerprint density at radius 3 is 2.47 bits per heavy atom. The van der Waals surface area contributed by atoms with Gasteiger partial charge in [0.1, 0.15) is 4.34 Å². The second-order valence-corrected chi connectivity index (χ2v) is 5.44. The van der Waals surface area contributed by atoms with Gasteiger partial charge in [0, 0.05) is 10.0 Å². The van der Waals surface area contributed by atoms with Crippen molar-refractivity contribution >= 4 is 44.7 Å². The molecule has 0 aliphatic rings. The molecule has 1 aromatic heterocycles. The highest BCUT2D eigenvalue weighted by Gasteiger charge is 2.13. The molecule has 0 aliphatic heterocycles. The van der Waals surface area contributed by atoms with Gasteiger partial charge in [-0.15, -0.1) is 11.3 Å². The van der Waals surface area contributed by atoms with Crippen LogP contribution in [0.3, 0.4) is 0 Å². The highest BCUT2D eigenvalue weighted by molar-refractivity contribution is 9.10. The van der Waals surface area contributed by atoms with Crippen molar-refractivity contribution in [3.8, 4) is 0 Å². The Balaban J connectivity index is 2.37. The Hall–Kier alpha value is -0.640. The molecular weight excluding hydrogens is 296 g/mol. The molecule has 76 valence electrons. The lowest BCUT2D eigenvalue weighted by molar-refractivity contribution is 0.104. The minimum absolute atomic E-state index is 0.00759. The Bertz CT molecular complexity index is 473. The van der Waals surface area contributed by atoms with Crippen LogP contribution in [0.2, 0.25) is 4.34 Å². The predicted octanol–water partition coefficient (Wildman–Crippen LogP) is 4.40. The Morgan fingerprint density at radius 2 is 1.93 bits per heavy atom. The number of carbonyl (C=O) groups excluding carboxylic acids is 1. The fourth-order valence-corrected chi connectivity index (χ4v) is 2.85. The van der Waals surface area contributed by atoms with E-state index in [9.17, 15) is 4.79 Å². The number of halogens is 2. The predicted molar refractivity (Wildman–Crippen MR) is 66.9 cm³/mol. The fourth-order valence-electron chi connectivity index (χ4n) is 1.19. The van der Waals surface area contributed by atoms with Crippen LogP contribution in [0.4, 0.5) is 0 Å². The van der Waals surface area contributed by atoms with Crippen molar-refractivity contribution in [3.63, 3.8) is 0 Å². The third-order valence-electron chi connectivity index (χ3n) is 1.90. The number of carbonyl (C=O) groups is 1. The van der Waals surface area contributed by atoms with E-state index in [4.69, 9.17) is 11.6 Å². The summed E-state index contributed by atoms with van der Waals surface area (Å²) < 4.78 is 1.38. The summed E-state index contributed by atoms with van der Waals surface area (Å²) in [6.07, 6.45) is 0. The Labute approximate surface area is 105 Å². The van der Waals surface area contributed by atoms with E-state index in [-0.39, 0.29) is 5.78 Å². The second-order valence-electron chi connectivity index (χ2n) is 2.93. The van der Waals surface area contributed by atoms with Gasteiger partial charge in [0.2, 0.25) is 5.78 Å². The van der Waals surface area contributed by atoms with Crippen LogP contribution in [0.5, 0.6) is 0 Å². The number of benzene rings is 1. The Kier molecular flexibility index (Phi) is 3.24. The molecule has 1 heterocycles. The third-order valence-corrected chi connectivity index (χ3v) is 4.38. The number of hydrogen-bond donors (Lipinski definition) is 0. The standard InChI is InChI=1S/C11H6BrClOS/c12-8-6-9(15-11(8)13)10(14)7-4-2-1-3-5-7/h1-6H. The van der Waals surface area contributed by atoms with E-state index in [2.05, 4.69) is 15.9 Å². The highest BCUT2D eigenvalue weighted by Crippen LogP contribution is 2.33. The quantitative estimate of drug-likeness (QED) is 0.752. The zero-order chi connectivity index (χ0) is 10.8. The first-order chi connectivity index (χ1) is 7.18.